The first-order valence-corrected chi connectivity index (χ1v) is 14.4. The molecule has 0 bridgehead atoms. The minimum Gasteiger partial charge on any atom is -0.292 e. The van der Waals surface area contributed by atoms with Crippen molar-refractivity contribution in [2.75, 3.05) is 0 Å². The highest BCUT2D eigenvalue weighted by atomic mass is 15.2. The second-order valence-corrected chi connectivity index (χ2v) is 11.1. The molecule has 9 rings (SSSR count). The standard InChI is InChI=1S/C38H23N5/c39-20-32-42-30-21-40-22-41-38(30)43(32)31-19-18-29-35-27(31)16-9-17-28(35)36-33(23-10-3-1-4-11-23)25-14-7-8-15-26(25)34(37(29)36)24-12-5-2-6-13-24/h1-18,21-22,31H,19H2. The van der Waals surface area contributed by atoms with Gasteiger partial charge in [-0.2, -0.15) is 5.26 Å². The summed E-state index contributed by atoms with van der Waals surface area (Å²) in [7, 11) is 0. The minimum atomic E-state index is -0.114. The van der Waals surface area contributed by atoms with Crippen LogP contribution >= 0.6 is 0 Å². The summed E-state index contributed by atoms with van der Waals surface area (Å²) in [4.78, 5) is 13.3. The number of imidazole rings is 1. The summed E-state index contributed by atoms with van der Waals surface area (Å²) in [5.74, 6) is 0.353. The van der Waals surface area contributed by atoms with Crippen molar-refractivity contribution in [3.05, 3.63) is 144 Å². The molecular weight excluding hydrogens is 526 g/mol. The van der Waals surface area contributed by atoms with Gasteiger partial charge in [-0.05, 0) is 72.8 Å². The highest BCUT2D eigenvalue weighted by Crippen LogP contribution is 2.58. The van der Waals surface area contributed by atoms with E-state index in [1.54, 1.807) is 6.20 Å². The van der Waals surface area contributed by atoms with E-state index in [0.717, 1.165) is 6.42 Å². The summed E-state index contributed by atoms with van der Waals surface area (Å²) in [6, 6.07) is 39.1. The molecule has 0 saturated carbocycles. The molecule has 1 unspecified atom stereocenters. The van der Waals surface area contributed by atoms with Gasteiger partial charge in [-0.25, -0.2) is 15.0 Å². The van der Waals surface area contributed by atoms with Gasteiger partial charge in [0, 0.05) is 0 Å². The third kappa shape index (κ3) is 3.29. The van der Waals surface area contributed by atoms with E-state index in [4.69, 9.17) is 0 Å². The van der Waals surface area contributed by atoms with Crippen LogP contribution in [0.5, 0.6) is 0 Å². The van der Waals surface area contributed by atoms with Gasteiger partial charge < -0.3 is 0 Å². The van der Waals surface area contributed by atoms with Crippen molar-refractivity contribution in [1.29, 1.82) is 5.26 Å². The first kappa shape index (κ1) is 23.8. The first-order valence-electron chi connectivity index (χ1n) is 14.4. The Kier molecular flexibility index (Phi) is 5.02. The molecule has 7 aromatic rings. The summed E-state index contributed by atoms with van der Waals surface area (Å²) in [6.07, 6.45) is 6.29. The Hall–Kier alpha value is -5.86. The van der Waals surface area contributed by atoms with E-state index in [9.17, 15) is 5.26 Å². The predicted octanol–water partition coefficient (Wildman–Crippen LogP) is 8.59. The molecule has 0 N–H and O–H groups in total. The Morgan fingerprint density at radius 2 is 1.37 bits per heavy atom. The minimum absolute atomic E-state index is 0.114. The Labute approximate surface area is 248 Å². The lowest BCUT2D eigenvalue weighted by Crippen LogP contribution is -2.17. The summed E-state index contributed by atoms with van der Waals surface area (Å²) in [6.45, 7) is 0. The topological polar surface area (TPSA) is 67.4 Å². The monoisotopic (exact) mass is 549 g/mol. The number of benzene rings is 5. The second-order valence-electron chi connectivity index (χ2n) is 11.1. The van der Waals surface area contributed by atoms with Crippen LogP contribution in [0.15, 0.2) is 122 Å². The van der Waals surface area contributed by atoms with Gasteiger partial charge in [0.05, 0.1) is 12.2 Å². The van der Waals surface area contributed by atoms with E-state index in [0.29, 0.717) is 17.0 Å². The van der Waals surface area contributed by atoms with Crippen molar-refractivity contribution < 1.29 is 0 Å². The third-order valence-electron chi connectivity index (χ3n) is 8.92. The molecule has 0 spiro atoms. The van der Waals surface area contributed by atoms with E-state index in [1.165, 1.54) is 72.7 Å². The molecule has 200 valence electrons. The van der Waals surface area contributed by atoms with E-state index >= 15 is 0 Å². The molecule has 5 heteroatoms. The number of allylic oxidation sites excluding steroid dienone is 1. The Morgan fingerprint density at radius 3 is 2.07 bits per heavy atom. The molecule has 5 aromatic carbocycles. The van der Waals surface area contributed by atoms with E-state index < -0.39 is 0 Å². The maximum Gasteiger partial charge on any atom is 0.215 e. The molecule has 2 aliphatic rings. The van der Waals surface area contributed by atoms with Gasteiger partial charge in [0.25, 0.3) is 0 Å². The predicted molar refractivity (Wildman–Crippen MR) is 170 cm³/mol. The van der Waals surface area contributed by atoms with E-state index in [1.807, 2.05) is 4.57 Å². The number of rotatable bonds is 3. The third-order valence-corrected chi connectivity index (χ3v) is 8.92. The fourth-order valence-electron chi connectivity index (χ4n) is 7.30. The molecule has 0 amide bonds. The van der Waals surface area contributed by atoms with E-state index in [-0.39, 0.29) is 6.04 Å². The molecule has 0 aliphatic heterocycles. The van der Waals surface area contributed by atoms with Crippen LogP contribution in [0.4, 0.5) is 0 Å². The molecule has 43 heavy (non-hydrogen) atoms. The molecule has 1 atom stereocenters. The zero-order valence-electron chi connectivity index (χ0n) is 23.1. The van der Waals surface area contributed by atoms with Gasteiger partial charge in [-0.1, -0.05) is 109 Å². The van der Waals surface area contributed by atoms with Gasteiger partial charge in [0.1, 0.15) is 17.9 Å². The Balaban J connectivity index is 1.41. The summed E-state index contributed by atoms with van der Waals surface area (Å²) in [5.41, 5.74) is 13.7. The fourth-order valence-corrected chi connectivity index (χ4v) is 7.30. The van der Waals surface area contributed by atoms with Crippen molar-refractivity contribution >= 4 is 27.5 Å². The number of nitriles is 1. The number of fused-ring (bicyclic) bond motifs is 5. The fraction of sp³-hybridized carbons (Fsp3) is 0.0526. The van der Waals surface area contributed by atoms with Crippen LogP contribution in [0.3, 0.4) is 0 Å². The number of nitrogens with zero attached hydrogens (tertiary/aromatic N) is 5. The molecule has 2 heterocycles. The summed E-state index contributed by atoms with van der Waals surface area (Å²) in [5, 5.41) is 12.6. The van der Waals surface area contributed by atoms with Crippen LogP contribution < -0.4 is 0 Å². The van der Waals surface area contributed by atoms with Gasteiger partial charge in [-0.3, -0.25) is 4.57 Å². The lowest BCUT2D eigenvalue weighted by molar-refractivity contribution is 0.591. The molecule has 0 fully saturated rings. The lowest BCUT2D eigenvalue weighted by atomic mass is 9.82. The van der Waals surface area contributed by atoms with Crippen molar-refractivity contribution in [2.24, 2.45) is 0 Å². The molecule has 0 saturated heterocycles. The quantitative estimate of drug-likeness (QED) is 0.221. The van der Waals surface area contributed by atoms with Crippen molar-refractivity contribution in [3.63, 3.8) is 0 Å². The highest BCUT2D eigenvalue weighted by Gasteiger charge is 2.37. The molecule has 2 aliphatic carbocycles. The summed E-state index contributed by atoms with van der Waals surface area (Å²) >= 11 is 0. The number of aromatic nitrogens is 4. The maximum atomic E-state index is 10.1. The van der Waals surface area contributed by atoms with Crippen molar-refractivity contribution in [3.8, 4) is 39.4 Å². The van der Waals surface area contributed by atoms with Crippen LogP contribution in [0, 0.1) is 11.3 Å². The highest BCUT2D eigenvalue weighted by molar-refractivity contribution is 6.21. The second kappa shape index (κ2) is 9.07. The largest absolute Gasteiger partial charge is 0.292 e. The average Bonchev–Trinajstić information content (AvgIpc) is 3.61. The van der Waals surface area contributed by atoms with Gasteiger partial charge in [0.15, 0.2) is 5.65 Å². The SMILES string of the molecule is N#Cc1nc2cncnc2n1C1CC=C2c3c(cccc31)-c1c2c(-c2ccccc2)c2ccccc2c1-c1ccccc1. The molecular formula is C38H23N5. The summed E-state index contributed by atoms with van der Waals surface area (Å²) < 4.78 is 2.00. The molecule has 0 radical (unpaired) electrons. The van der Waals surface area contributed by atoms with Crippen LogP contribution in [0.1, 0.15) is 35.0 Å². The van der Waals surface area contributed by atoms with Gasteiger partial charge >= 0.3 is 0 Å². The van der Waals surface area contributed by atoms with Crippen LogP contribution in [-0.4, -0.2) is 19.5 Å². The van der Waals surface area contributed by atoms with E-state index in [2.05, 4.69) is 130 Å². The van der Waals surface area contributed by atoms with Crippen molar-refractivity contribution in [1.82, 2.24) is 19.5 Å². The Bertz CT molecular complexity index is 2330. The van der Waals surface area contributed by atoms with Gasteiger partial charge in [0.2, 0.25) is 5.82 Å². The lowest BCUT2D eigenvalue weighted by Gasteiger charge is -2.26. The number of hydrogen-bond acceptors (Lipinski definition) is 4. The number of hydrogen-bond donors (Lipinski definition) is 0. The molecule has 2 aromatic heterocycles. The van der Waals surface area contributed by atoms with Crippen LogP contribution in [0.2, 0.25) is 0 Å². The zero-order valence-corrected chi connectivity index (χ0v) is 23.1. The Morgan fingerprint density at radius 1 is 0.698 bits per heavy atom. The smallest absolute Gasteiger partial charge is 0.215 e. The average molecular weight is 550 g/mol. The molecule has 5 nitrogen and oxygen atoms in total. The van der Waals surface area contributed by atoms with Crippen LogP contribution in [0.25, 0.3) is 60.9 Å². The van der Waals surface area contributed by atoms with Crippen molar-refractivity contribution in [2.45, 2.75) is 12.5 Å². The van der Waals surface area contributed by atoms with Gasteiger partial charge in [-0.15, -0.1) is 0 Å². The van der Waals surface area contributed by atoms with Crippen LogP contribution in [-0.2, 0) is 0 Å². The first-order chi connectivity index (χ1) is 21.3. The zero-order chi connectivity index (χ0) is 28.5. The maximum absolute atomic E-state index is 10.1. The normalized spacial score (nSPS) is 14.8.